The molecule has 0 aliphatic rings. The summed E-state index contributed by atoms with van der Waals surface area (Å²) in [5.74, 6) is -1.01. The van der Waals surface area contributed by atoms with Gasteiger partial charge in [-0.2, -0.15) is 0 Å². The van der Waals surface area contributed by atoms with E-state index in [-0.39, 0.29) is 6.03 Å². The Morgan fingerprint density at radius 1 is 1.40 bits per heavy atom. The summed E-state index contributed by atoms with van der Waals surface area (Å²) < 4.78 is 0. The van der Waals surface area contributed by atoms with Crippen molar-refractivity contribution in [2.75, 3.05) is 27.2 Å². The van der Waals surface area contributed by atoms with Gasteiger partial charge in [0, 0.05) is 13.6 Å². The molecule has 0 saturated carbocycles. The van der Waals surface area contributed by atoms with E-state index in [9.17, 15) is 9.59 Å². The summed E-state index contributed by atoms with van der Waals surface area (Å²) in [5, 5.41) is 14.3. The van der Waals surface area contributed by atoms with Crippen molar-refractivity contribution in [3.63, 3.8) is 0 Å². The number of urea groups is 1. The fraction of sp³-hybridized carbons (Fsp3) is 0.778. The predicted molar refractivity (Wildman–Crippen MR) is 56.8 cm³/mol. The fourth-order valence-electron chi connectivity index (χ4n) is 0.927. The third-order valence-electron chi connectivity index (χ3n) is 2.14. The zero-order valence-electron chi connectivity index (χ0n) is 9.41. The van der Waals surface area contributed by atoms with E-state index in [1.165, 1.54) is 18.9 Å². The molecule has 0 aromatic rings. The normalized spacial score (nSPS) is 11.9. The number of aliphatic carboxylic acids is 1. The molecule has 15 heavy (non-hydrogen) atoms. The van der Waals surface area contributed by atoms with Crippen LogP contribution in [0, 0.1) is 0 Å². The summed E-state index contributed by atoms with van der Waals surface area (Å²) >= 11 is 0. The van der Waals surface area contributed by atoms with E-state index in [2.05, 4.69) is 10.6 Å². The molecule has 0 heterocycles. The van der Waals surface area contributed by atoms with Gasteiger partial charge in [0.2, 0.25) is 0 Å². The van der Waals surface area contributed by atoms with Crippen LogP contribution in [-0.4, -0.2) is 55.2 Å². The number of carboxylic acid groups (broad SMARTS) is 1. The number of nitrogens with zero attached hydrogens (tertiary/aromatic N) is 1. The first-order valence-electron chi connectivity index (χ1n) is 4.88. The molecule has 2 amide bonds. The van der Waals surface area contributed by atoms with Crippen LogP contribution < -0.4 is 10.6 Å². The highest BCUT2D eigenvalue weighted by Gasteiger charge is 2.20. The molecule has 88 valence electrons. The van der Waals surface area contributed by atoms with Gasteiger partial charge in [-0.15, -0.1) is 0 Å². The summed E-state index contributed by atoms with van der Waals surface area (Å²) in [7, 11) is 3.30. The summed E-state index contributed by atoms with van der Waals surface area (Å²) in [4.78, 5) is 23.1. The summed E-state index contributed by atoms with van der Waals surface area (Å²) in [6.07, 6.45) is 0.817. The number of likely N-dealkylation sites (N-methyl/N-ethyl adjacent to an activating group) is 1. The minimum Gasteiger partial charge on any atom is -0.480 e. The molecule has 0 aromatic carbocycles. The molecule has 3 N–H and O–H groups in total. The van der Waals surface area contributed by atoms with Gasteiger partial charge < -0.3 is 20.6 Å². The molecule has 6 nitrogen and oxygen atoms in total. The van der Waals surface area contributed by atoms with Crippen LogP contribution in [-0.2, 0) is 4.79 Å². The Morgan fingerprint density at radius 3 is 2.47 bits per heavy atom. The molecule has 6 heteroatoms. The molecule has 0 bridgehead atoms. The third-order valence-corrected chi connectivity index (χ3v) is 2.14. The minimum absolute atomic E-state index is 0.360. The lowest BCUT2D eigenvalue weighted by molar-refractivity contribution is -0.141. The highest BCUT2D eigenvalue weighted by molar-refractivity contribution is 5.82. The van der Waals surface area contributed by atoms with E-state index in [0.717, 1.165) is 13.0 Å². The first-order valence-corrected chi connectivity index (χ1v) is 4.88. The van der Waals surface area contributed by atoms with Crippen LogP contribution in [0.25, 0.3) is 0 Å². The molecule has 1 unspecified atom stereocenters. The van der Waals surface area contributed by atoms with Crippen LogP contribution >= 0.6 is 0 Å². The van der Waals surface area contributed by atoms with Crippen LogP contribution in [0.2, 0.25) is 0 Å². The second-order valence-electron chi connectivity index (χ2n) is 3.31. The van der Waals surface area contributed by atoms with E-state index in [0.29, 0.717) is 6.54 Å². The molecule has 0 aliphatic heterocycles. The van der Waals surface area contributed by atoms with Crippen molar-refractivity contribution in [3.8, 4) is 0 Å². The lowest BCUT2D eigenvalue weighted by Gasteiger charge is -2.21. The average Bonchev–Trinajstić information content (AvgIpc) is 2.21. The Labute approximate surface area is 89.6 Å². The number of hydrogen-bond acceptors (Lipinski definition) is 3. The van der Waals surface area contributed by atoms with Crippen LogP contribution in [0.15, 0.2) is 0 Å². The molecule has 1 atom stereocenters. The van der Waals surface area contributed by atoms with E-state index in [1.54, 1.807) is 0 Å². The SMILES string of the molecule is CNCCCNC(=O)N(C)C(C)C(=O)O. The zero-order valence-corrected chi connectivity index (χ0v) is 9.41. The number of carboxylic acids is 1. The maximum absolute atomic E-state index is 11.4. The molecule has 0 spiro atoms. The molecular formula is C9H19N3O3. The van der Waals surface area contributed by atoms with Crippen molar-refractivity contribution >= 4 is 12.0 Å². The fourth-order valence-corrected chi connectivity index (χ4v) is 0.927. The Bertz CT molecular complexity index is 221. The van der Waals surface area contributed by atoms with Gasteiger partial charge in [-0.25, -0.2) is 9.59 Å². The Balaban J connectivity index is 3.84. The Morgan fingerprint density at radius 2 is 2.00 bits per heavy atom. The third kappa shape index (κ3) is 5.21. The van der Waals surface area contributed by atoms with Gasteiger partial charge in [-0.1, -0.05) is 0 Å². The van der Waals surface area contributed by atoms with Crippen molar-refractivity contribution in [1.29, 1.82) is 0 Å². The van der Waals surface area contributed by atoms with E-state index < -0.39 is 12.0 Å². The second kappa shape index (κ2) is 7.05. The smallest absolute Gasteiger partial charge is 0.326 e. The summed E-state index contributed by atoms with van der Waals surface area (Å²) in [6, 6.07) is -1.17. The number of amides is 2. The molecule has 0 saturated heterocycles. The number of nitrogens with one attached hydrogen (secondary N) is 2. The lowest BCUT2D eigenvalue weighted by Crippen LogP contribution is -2.46. The van der Waals surface area contributed by atoms with Crippen molar-refractivity contribution in [2.24, 2.45) is 0 Å². The number of hydrogen-bond donors (Lipinski definition) is 3. The molecule has 0 aromatic heterocycles. The molecular weight excluding hydrogens is 198 g/mol. The standard InChI is InChI=1S/C9H19N3O3/c1-7(8(13)14)12(3)9(15)11-6-4-5-10-2/h7,10H,4-6H2,1-3H3,(H,11,15)(H,13,14). The van der Waals surface area contributed by atoms with E-state index in [4.69, 9.17) is 5.11 Å². The zero-order chi connectivity index (χ0) is 11.8. The highest BCUT2D eigenvalue weighted by Crippen LogP contribution is 1.95. The lowest BCUT2D eigenvalue weighted by atomic mass is 10.3. The van der Waals surface area contributed by atoms with Gasteiger partial charge in [0.25, 0.3) is 0 Å². The molecule has 0 aliphatic carbocycles. The van der Waals surface area contributed by atoms with Crippen molar-refractivity contribution < 1.29 is 14.7 Å². The largest absolute Gasteiger partial charge is 0.480 e. The monoisotopic (exact) mass is 217 g/mol. The van der Waals surface area contributed by atoms with Gasteiger partial charge >= 0.3 is 12.0 Å². The van der Waals surface area contributed by atoms with Crippen LogP contribution in [0.5, 0.6) is 0 Å². The van der Waals surface area contributed by atoms with Gasteiger partial charge in [0.05, 0.1) is 0 Å². The Hall–Kier alpha value is -1.30. The van der Waals surface area contributed by atoms with Crippen molar-refractivity contribution in [1.82, 2.24) is 15.5 Å². The van der Waals surface area contributed by atoms with Crippen molar-refractivity contribution in [2.45, 2.75) is 19.4 Å². The van der Waals surface area contributed by atoms with Gasteiger partial charge in [0.15, 0.2) is 0 Å². The summed E-state index contributed by atoms with van der Waals surface area (Å²) in [5.41, 5.74) is 0. The molecule has 0 radical (unpaired) electrons. The average molecular weight is 217 g/mol. The van der Waals surface area contributed by atoms with Gasteiger partial charge in [-0.3, -0.25) is 0 Å². The van der Waals surface area contributed by atoms with Crippen LogP contribution in [0.1, 0.15) is 13.3 Å². The van der Waals surface area contributed by atoms with Crippen molar-refractivity contribution in [3.05, 3.63) is 0 Å². The quantitative estimate of drug-likeness (QED) is 0.534. The second-order valence-corrected chi connectivity index (χ2v) is 3.31. The van der Waals surface area contributed by atoms with Crippen LogP contribution in [0.4, 0.5) is 4.79 Å². The first kappa shape index (κ1) is 13.7. The Kier molecular flexibility index (Phi) is 6.44. The predicted octanol–water partition coefficient (Wildman–Crippen LogP) is -0.290. The van der Waals surface area contributed by atoms with Gasteiger partial charge in [-0.05, 0) is 26.9 Å². The van der Waals surface area contributed by atoms with E-state index in [1.807, 2.05) is 7.05 Å². The number of carbonyl (C=O) groups is 2. The first-order chi connectivity index (χ1) is 7.00. The van der Waals surface area contributed by atoms with E-state index >= 15 is 0 Å². The number of rotatable bonds is 6. The minimum atomic E-state index is -1.01. The van der Waals surface area contributed by atoms with Gasteiger partial charge in [0.1, 0.15) is 6.04 Å². The maximum atomic E-state index is 11.4. The topological polar surface area (TPSA) is 81.7 Å². The molecule has 0 fully saturated rings. The molecule has 0 rings (SSSR count). The van der Waals surface area contributed by atoms with Crippen LogP contribution in [0.3, 0.4) is 0 Å². The number of carbonyl (C=O) groups excluding carboxylic acids is 1. The maximum Gasteiger partial charge on any atom is 0.326 e. The highest BCUT2D eigenvalue weighted by atomic mass is 16.4. The summed E-state index contributed by atoms with van der Waals surface area (Å²) in [6.45, 7) is 2.82.